The third-order valence-corrected chi connectivity index (χ3v) is 9.88. The number of phenols is 1. The Labute approximate surface area is 261 Å². The minimum absolute atomic E-state index is 0.0813. The molecule has 2 aromatic heterocycles. The van der Waals surface area contributed by atoms with Crippen LogP contribution in [0.2, 0.25) is 0 Å². The van der Waals surface area contributed by atoms with E-state index in [0.717, 1.165) is 78.0 Å². The first kappa shape index (κ1) is 28.5. The second-order valence-corrected chi connectivity index (χ2v) is 13.2. The number of phenolic OH excluding ortho intramolecular Hbond substituents is 1. The van der Waals surface area contributed by atoms with Crippen LogP contribution in [-0.2, 0) is 11.3 Å². The molecule has 4 aromatic rings. The molecular formula is C34H38FN7O3. The molecule has 1 saturated carbocycles. The molecule has 10 nitrogen and oxygen atoms in total. The van der Waals surface area contributed by atoms with Crippen LogP contribution in [0.5, 0.6) is 11.6 Å². The van der Waals surface area contributed by atoms with Crippen molar-refractivity contribution in [2.24, 2.45) is 5.41 Å². The number of halogens is 1. The van der Waals surface area contributed by atoms with Crippen molar-refractivity contribution < 1.29 is 19.0 Å². The Hall–Kier alpha value is -3.98. The monoisotopic (exact) mass is 611 g/mol. The lowest BCUT2D eigenvalue weighted by Crippen LogP contribution is -2.51. The average Bonchev–Trinajstić information content (AvgIpc) is 3.66. The van der Waals surface area contributed by atoms with Gasteiger partial charge in [-0.05, 0) is 61.3 Å². The molecule has 4 aliphatic rings. The second-order valence-electron chi connectivity index (χ2n) is 13.2. The molecule has 3 aliphatic heterocycles. The van der Waals surface area contributed by atoms with Gasteiger partial charge in [-0.3, -0.25) is 0 Å². The van der Waals surface area contributed by atoms with Crippen molar-refractivity contribution in [1.82, 2.24) is 29.7 Å². The maximum Gasteiger partial charge on any atom is 0.247 e. The number of aromatic nitrogens is 4. The molecule has 5 heterocycles. The van der Waals surface area contributed by atoms with E-state index in [9.17, 15) is 9.50 Å². The lowest BCUT2D eigenvalue weighted by molar-refractivity contribution is 0.128. The number of nitrogens with zero attached hydrogens (tertiary/aromatic N) is 6. The summed E-state index contributed by atoms with van der Waals surface area (Å²) >= 11 is 0. The number of terminal acetylenes is 1. The fourth-order valence-electron chi connectivity index (χ4n) is 7.36. The van der Waals surface area contributed by atoms with Crippen LogP contribution in [-0.4, -0.2) is 94.2 Å². The van der Waals surface area contributed by atoms with Gasteiger partial charge in [0.1, 0.15) is 11.6 Å². The van der Waals surface area contributed by atoms with E-state index in [1.807, 2.05) is 4.57 Å². The summed E-state index contributed by atoms with van der Waals surface area (Å²) in [5.41, 5.74) is 2.18. The predicted octanol–water partition coefficient (Wildman–Crippen LogP) is 3.68. The van der Waals surface area contributed by atoms with Crippen LogP contribution < -0.4 is 15.0 Å². The molecule has 0 spiro atoms. The van der Waals surface area contributed by atoms with E-state index in [4.69, 9.17) is 30.8 Å². The Morgan fingerprint density at radius 2 is 1.98 bits per heavy atom. The van der Waals surface area contributed by atoms with Crippen molar-refractivity contribution in [3.8, 4) is 24.0 Å². The highest BCUT2D eigenvalue weighted by molar-refractivity contribution is 5.92. The molecule has 0 radical (unpaired) electrons. The number of benzene rings is 2. The minimum atomic E-state index is -0.470. The van der Waals surface area contributed by atoms with Crippen molar-refractivity contribution in [1.29, 1.82) is 0 Å². The van der Waals surface area contributed by atoms with Gasteiger partial charge in [-0.15, -0.1) is 6.42 Å². The van der Waals surface area contributed by atoms with E-state index in [-0.39, 0.29) is 23.3 Å². The Balaban J connectivity index is 1.15. The highest BCUT2D eigenvalue weighted by Gasteiger charge is 2.45. The molecule has 2 atom stereocenters. The highest BCUT2D eigenvalue weighted by Crippen LogP contribution is 2.47. The van der Waals surface area contributed by atoms with Crippen molar-refractivity contribution in [2.45, 2.75) is 50.7 Å². The molecule has 8 rings (SSSR count). The number of hydrogen-bond acceptors (Lipinski definition) is 9. The highest BCUT2D eigenvalue weighted by atomic mass is 19.1. The number of anilines is 1. The van der Waals surface area contributed by atoms with Crippen molar-refractivity contribution in [3.05, 3.63) is 47.5 Å². The van der Waals surface area contributed by atoms with Gasteiger partial charge in [-0.1, -0.05) is 12.0 Å². The first-order valence-electron chi connectivity index (χ1n) is 16.0. The summed E-state index contributed by atoms with van der Waals surface area (Å²) in [4.78, 5) is 19.5. The van der Waals surface area contributed by atoms with Crippen LogP contribution in [0, 0.1) is 23.6 Å². The van der Waals surface area contributed by atoms with Gasteiger partial charge in [0.2, 0.25) is 11.8 Å². The zero-order chi connectivity index (χ0) is 30.5. The number of hydrogen-bond donors (Lipinski definition) is 2. The van der Waals surface area contributed by atoms with Crippen LogP contribution in [0.25, 0.3) is 21.9 Å². The number of piperazine rings is 1. The number of fused-ring (bicyclic) bond motifs is 4. The van der Waals surface area contributed by atoms with Gasteiger partial charge < -0.3 is 34.3 Å². The number of nitrogens with one attached hydrogen (secondary N) is 1. The minimum Gasteiger partial charge on any atom is -0.508 e. The van der Waals surface area contributed by atoms with Crippen molar-refractivity contribution >= 4 is 27.9 Å². The van der Waals surface area contributed by atoms with Crippen molar-refractivity contribution in [2.75, 3.05) is 57.4 Å². The van der Waals surface area contributed by atoms with Gasteiger partial charge >= 0.3 is 0 Å². The van der Waals surface area contributed by atoms with Crippen molar-refractivity contribution in [3.63, 3.8) is 0 Å². The maximum atomic E-state index is 14.8. The molecule has 45 heavy (non-hydrogen) atoms. The van der Waals surface area contributed by atoms with Gasteiger partial charge in [0.25, 0.3) is 0 Å². The largest absolute Gasteiger partial charge is 0.508 e. The Morgan fingerprint density at radius 1 is 1.13 bits per heavy atom. The second kappa shape index (κ2) is 11.4. The van der Waals surface area contributed by atoms with Crippen LogP contribution in [0.4, 0.5) is 10.3 Å². The van der Waals surface area contributed by atoms with E-state index in [1.165, 1.54) is 6.07 Å². The summed E-state index contributed by atoms with van der Waals surface area (Å²) < 4.78 is 28.9. The molecule has 3 saturated heterocycles. The van der Waals surface area contributed by atoms with Gasteiger partial charge in [-0.2, -0.15) is 9.97 Å². The number of aromatic hydroxyl groups is 1. The zero-order valence-electron chi connectivity index (χ0n) is 25.3. The summed E-state index contributed by atoms with van der Waals surface area (Å²) in [6, 6.07) is 7.04. The Bertz CT molecular complexity index is 1780. The van der Waals surface area contributed by atoms with E-state index in [2.05, 4.69) is 21.0 Å². The van der Waals surface area contributed by atoms with E-state index < -0.39 is 5.82 Å². The smallest absolute Gasteiger partial charge is 0.247 e. The number of imidazole rings is 1. The van der Waals surface area contributed by atoms with Crippen LogP contribution >= 0.6 is 0 Å². The Morgan fingerprint density at radius 3 is 2.78 bits per heavy atom. The fourth-order valence-corrected chi connectivity index (χ4v) is 7.36. The van der Waals surface area contributed by atoms with Gasteiger partial charge in [0.05, 0.1) is 31.6 Å². The molecular weight excluding hydrogens is 573 g/mol. The van der Waals surface area contributed by atoms with Gasteiger partial charge in [0, 0.05) is 62.2 Å². The quantitative estimate of drug-likeness (QED) is 0.289. The molecule has 2 N–H and O–H groups in total. The Kier molecular flexibility index (Phi) is 7.24. The van der Waals surface area contributed by atoms with Gasteiger partial charge in [0.15, 0.2) is 11.2 Å². The first-order chi connectivity index (χ1) is 22.0. The summed E-state index contributed by atoms with van der Waals surface area (Å²) in [5.74, 6) is 3.24. The molecule has 2 bridgehead atoms. The lowest BCUT2D eigenvalue weighted by atomic mass is 9.98. The maximum absolute atomic E-state index is 14.8. The van der Waals surface area contributed by atoms with Crippen LogP contribution in [0.1, 0.15) is 43.2 Å². The zero-order valence-corrected chi connectivity index (χ0v) is 25.3. The molecule has 4 fully saturated rings. The molecule has 234 valence electrons. The number of rotatable bonds is 8. The SMILES string of the molecule is C#Cc1c(F)ccc2cc(O)cc(Cn3cnc4c(OCC5(CN6CCCOCC6)CC5)nc(N5CC6CCC(C5)N6)nc43)c12. The normalized spacial score (nSPS) is 22.9. The molecule has 2 aromatic carbocycles. The molecule has 1 aliphatic carbocycles. The predicted molar refractivity (Wildman–Crippen MR) is 169 cm³/mol. The topological polar surface area (TPSA) is 101 Å². The van der Waals surface area contributed by atoms with E-state index in [0.29, 0.717) is 58.0 Å². The third kappa shape index (κ3) is 5.56. The molecule has 11 heteroatoms. The van der Waals surface area contributed by atoms with Gasteiger partial charge in [-0.25, -0.2) is 9.37 Å². The van der Waals surface area contributed by atoms with E-state index in [1.54, 1.807) is 24.5 Å². The average molecular weight is 612 g/mol. The third-order valence-electron chi connectivity index (χ3n) is 9.88. The fraction of sp³-hybridized carbons (Fsp3) is 0.500. The van der Waals surface area contributed by atoms with Crippen LogP contribution in [0.3, 0.4) is 0 Å². The molecule has 0 amide bonds. The summed E-state index contributed by atoms with van der Waals surface area (Å²) in [5, 5.41) is 15.5. The summed E-state index contributed by atoms with van der Waals surface area (Å²) in [6.07, 6.45) is 13.1. The van der Waals surface area contributed by atoms with Crippen LogP contribution in [0.15, 0.2) is 30.6 Å². The van der Waals surface area contributed by atoms with E-state index >= 15 is 0 Å². The molecule has 2 unspecified atom stereocenters. The summed E-state index contributed by atoms with van der Waals surface area (Å²) in [6.45, 7) is 7.11. The summed E-state index contributed by atoms with van der Waals surface area (Å²) in [7, 11) is 0. The first-order valence-corrected chi connectivity index (χ1v) is 16.0. The standard InChI is InChI=1S/C34H38FN7O3/c1-2-27-28(35)7-4-22-14-26(43)15-23(29(22)27)16-42-21-36-30-31(42)38-33(41-17-24-5-6-25(18-41)37-24)39-32(30)45-20-34(8-9-34)19-40-10-3-12-44-13-11-40/h1,4,7,14-15,21,24-25,37,43H,3,5-6,8-13,16-20H2. The lowest BCUT2D eigenvalue weighted by Gasteiger charge is -2.33. The number of ether oxygens (including phenoxy) is 2.